The molecule has 5 nitrogen and oxygen atoms in total. The molecule has 2 aromatic rings. The van der Waals surface area contributed by atoms with E-state index in [-0.39, 0.29) is 5.69 Å². The van der Waals surface area contributed by atoms with E-state index in [0.29, 0.717) is 17.3 Å². The van der Waals surface area contributed by atoms with Crippen LogP contribution < -0.4 is 5.32 Å². The monoisotopic (exact) mass is 283 g/mol. The lowest BCUT2D eigenvalue weighted by Crippen LogP contribution is -2.02. The molecule has 0 unspecified atom stereocenters. The van der Waals surface area contributed by atoms with Crippen LogP contribution in [-0.2, 0) is 6.54 Å². The van der Waals surface area contributed by atoms with Gasteiger partial charge in [0, 0.05) is 16.5 Å². The van der Waals surface area contributed by atoms with E-state index in [9.17, 15) is 10.1 Å². The number of nitrogens with one attached hydrogen (secondary N) is 1. The van der Waals surface area contributed by atoms with E-state index in [1.54, 1.807) is 23.5 Å². The third kappa shape index (κ3) is 2.96. The van der Waals surface area contributed by atoms with Crippen LogP contribution in [0.1, 0.15) is 10.7 Å². The molecule has 0 atom stereocenters. The fourth-order valence-electron chi connectivity index (χ4n) is 1.48. The minimum Gasteiger partial charge on any atom is -0.374 e. The molecule has 7 heteroatoms. The molecular formula is C11H10ClN3O2S. The number of hydrogen-bond acceptors (Lipinski definition) is 5. The van der Waals surface area contributed by atoms with Gasteiger partial charge in [-0.25, -0.2) is 4.98 Å². The predicted octanol–water partition coefficient (Wildman–Crippen LogP) is 3.63. The number of anilines is 1. The molecule has 2 rings (SSSR count). The number of hydrogen-bond donors (Lipinski definition) is 1. The number of rotatable bonds is 4. The first-order valence-corrected chi connectivity index (χ1v) is 6.41. The van der Waals surface area contributed by atoms with Crippen molar-refractivity contribution in [3.63, 3.8) is 0 Å². The quantitative estimate of drug-likeness (QED) is 0.687. The molecule has 1 aromatic heterocycles. The van der Waals surface area contributed by atoms with Crippen LogP contribution in [0.3, 0.4) is 0 Å². The third-order valence-corrected chi connectivity index (χ3v) is 3.34. The maximum absolute atomic E-state index is 10.9. The van der Waals surface area contributed by atoms with Crippen LogP contribution in [0.4, 0.5) is 11.4 Å². The molecule has 0 saturated heterocycles. The second kappa shape index (κ2) is 5.32. The molecule has 18 heavy (non-hydrogen) atoms. The van der Waals surface area contributed by atoms with E-state index in [2.05, 4.69) is 10.3 Å². The molecule has 0 bridgehead atoms. The van der Waals surface area contributed by atoms with Gasteiger partial charge in [0.1, 0.15) is 5.69 Å². The van der Waals surface area contributed by atoms with Gasteiger partial charge in [-0.3, -0.25) is 10.1 Å². The number of halogens is 1. The fraction of sp³-hybridized carbons (Fsp3) is 0.182. The maximum atomic E-state index is 10.9. The summed E-state index contributed by atoms with van der Waals surface area (Å²) in [6, 6.07) is 4.54. The van der Waals surface area contributed by atoms with Crippen molar-refractivity contribution < 1.29 is 4.92 Å². The summed E-state index contributed by atoms with van der Waals surface area (Å²) >= 11 is 7.28. The van der Waals surface area contributed by atoms with Gasteiger partial charge in [0.25, 0.3) is 5.69 Å². The second-order valence-electron chi connectivity index (χ2n) is 3.63. The van der Waals surface area contributed by atoms with Crippen molar-refractivity contribution in [2.75, 3.05) is 5.32 Å². The molecule has 1 N–H and O–H groups in total. The fourth-order valence-corrected chi connectivity index (χ4v) is 2.26. The Morgan fingerprint density at radius 2 is 2.33 bits per heavy atom. The van der Waals surface area contributed by atoms with E-state index in [1.807, 2.05) is 12.3 Å². The summed E-state index contributed by atoms with van der Waals surface area (Å²) in [6.45, 7) is 2.37. The molecule has 0 amide bonds. The lowest BCUT2D eigenvalue weighted by Gasteiger charge is -2.05. The number of nitro benzene ring substituents is 1. The van der Waals surface area contributed by atoms with Crippen molar-refractivity contribution in [2.45, 2.75) is 13.5 Å². The molecule has 1 heterocycles. The molecular weight excluding hydrogens is 274 g/mol. The average Bonchev–Trinajstić information content (AvgIpc) is 2.73. The van der Waals surface area contributed by atoms with E-state index in [0.717, 1.165) is 10.7 Å². The van der Waals surface area contributed by atoms with E-state index >= 15 is 0 Å². The summed E-state index contributed by atoms with van der Waals surface area (Å²) in [6.07, 6.45) is 0. The molecule has 1 aromatic carbocycles. The summed E-state index contributed by atoms with van der Waals surface area (Å²) in [5.41, 5.74) is 1.27. The third-order valence-electron chi connectivity index (χ3n) is 2.28. The topological polar surface area (TPSA) is 68.1 Å². The van der Waals surface area contributed by atoms with E-state index in [4.69, 9.17) is 11.6 Å². The maximum Gasteiger partial charge on any atom is 0.293 e. The summed E-state index contributed by atoms with van der Waals surface area (Å²) < 4.78 is 0. The van der Waals surface area contributed by atoms with Gasteiger partial charge in [-0.2, -0.15) is 0 Å². The first-order chi connectivity index (χ1) is 8.56. The van der Waals surface area contributed by atoms with Gasteiger partial charge >= 0.3 is 0 Å². The molecule has 0 aliphatic heterocycles. The van der Waals surface area contributed by atoms with Crippen molar-refractivity contribution in [1.82, 2.24) is 4.98 Å². The number of aromatic nitrogens is 1. The predicted molar refractivity (Wildman–Crippen MR) is 72.3 cm³/mol. The first-order valence-electron chi connectivity index (χ1n) is 5.15. The molecule has 0 radical (unpaired) electrons. The molecule has 0 fully saturated rings. The molecule has 0 saturated carbocycles. The van der Waals surface area contributed by atoms with Gasteiger partial charge in [0.2, 0.25) is 0 Å². The van der Waals surface area contributed by atoms with Crippen LogP contribution in [0.2, 0.25) is 5.02 Å². The Bertz CT molecular complexity index is 585. The summed E-state index contributed by atoms with van der Waals surface area (Å²) in [7, 11) is 0. The van der Waals surface area contributed by atoms with Crippen LogP contribution in [0.15, 0.2) is 23.6 Å². The summed E-state index contributed by atoms with van der Waals surface area (Å²) in [4.78, 5) is 14.7. The summed E-state index contributed by atoms with van der Waals surface area (Å²) in [5, 5.41) is 17.1. The Labute approximate surface area is 113 Å². The highest BCUT2D eigenvalue weighted by Crippen LogP contribution is 2.28. The number of aryl methyl sites for hydroxylation is 1. The van der Waals surface area contributed by atoms with Gasteiger partial charge in [0.15, 0.2) is 0 Å². The van der Waals surface area contributed by atoms with E-state index < -0.39 is 4.92 Å². The molecule has 0 spiro atoms. The Morgan fingerprint density at radius 3 is 2.94 bits per heavy atom. The zero-order valence-corrected chi connectivity index (χ0v) is 11.1. The highest BCUT2D eigenvalue weighted by atomic mass is 35.5. The number of nitro groups is 1. The normalized spacial score (nSPS) is 10.3. The zero-order valence-electron chi connectivity index (χ0n) is 9.51. The highest BCUT2D eigenvalue weighted by molar-refractivity contribution is 7.09. The Morgan fingerprint density at radius 1 is 1.56 bits per heavy atom. The van der Waals surface area contributed by atoms with Crippen molar-refractivity contribution in [3.05, 3.63) is 49.4 Å². The molecule has 0 aliphatic rings. The average molecular weight is 284 g/mol. The molecule has 0 aliphatic carbocycles. The number of thiazole rings is 1. The lowest BCUT2D eigenvalue weighted by atomic mass is 10.2. The van der Waals surface area contributed by atoms with Crippen molar-refractivity contribution in [2.24, 2.45) is 0 Å². The van der Waals surface area contributed by atoms with Crippen LogP contribution in [0, 0.1) is 17.0 Å². The standard InChI is InChI=1S/C11H10ClN3O2S/c1-7-14-9(6-18-7)5-13-10-3-2-8(12)4-11(10)15(16)17/h2-4,6,13H,5H2,1H3. The summed E-state index contributed by atoms with van der Waals surface area (Å²) in [5.74, 6) is 0. The Hall–Kier alpha value is -1.66. The van der Waals surface area contributed by atoms with Gasteiger partial charge in [-0.1, -0.05) is 11.6 Å². The van der Waals surface area contributed by atoms with Crippen LogP contribution in [0.25, 0.3) is 0 Å². The highest BCUT2D eigenvalue weighted by Gasteiger charge is 2.14. The SMILES string of the molecule is Cc1nc(CNc2ccc(Cl)cc2[N+](=O)[O-])cs1. The zero-order chi connectivity index (χ0) is 13.1. The number of nitrogens with zero attached hydrogens (tertiary/aromatic N) is 2. The van der Waals surface area contributed by atoms with Crippen molar-refractivity contribution >= 4 is 34.3 Å². The lowest BCUT2D eigenvalue weighted by molar-refractivity contribution is -0.383. The molecule has 94 valence electrons. The minimum atomic E-state index is -0.458. The second-order valence-corrected chi connectivity index (χ2v) is 5.13. The van der Waals surface area contributed by atoms with Crippen LogP contribution in [0.5, 0.6) is 0 Å². The van der Waals surface area contributed by atoms with E-state index in [1.165, 1.54) is 6.07 Å². The van der Waals surface area contributed by atoms with Gasteiger partial charge in [0.05, 0.1) is 22.2 Å². The first kappa shape index (κ1) is 12.8. The Balaban J connectivity index is 2.16. The van der Waals surface area contributed by atoms with Gasteiger partial charge < -0.3 is 5.32 Å². The van der Waals surface area contributed by atoms with Gasteiger partial charge in [-0.15, -0.1) is 11.3 Å². The minimum absolute atomic E-state index is 0.0329. The van der Waals surface area contributed by atoms with Gasteiger partial charge in [-0.05, 0) is 19.1 Å². The van der Waals surface area contributed by atoms with Crippen LogP contribution in [-0.4, -0.2) is 9.91 Å². The van der Waals surface area contributed by atoms with Crippen molar-refractivity contribution in [3.8, 4) is 0 Å². The van der Waals surface area contributed by atoms with Crippen LogP contribution >= 0.6 is 22.9 Å². The Kier molecular flexibility index (Phi) is 3.78. The largest absolute Gasteiger partial charge is 0.374 e. The van der Waals surface area contributed by atoms with Crippen molar-refractivity contribution in [1.29, 1.82) is 0 Å². The smallest absolute Gasteiger partial charge is 0.293 e. The number of benzene rings is 1.